The first kappa shape index (κ1) is 10.2. The van der Waals surface area contributed by atoms with Gasteiger partial charge >= 0.3 is 0 Å². The zero-order valence-electron chi connectivity index (χ0n) is 7.81. The third-order valence-corrected chi connectivity index (χ3v) is 2.19. The fourth-order valence-corrected chi connectivity index (χ4v) is 1.37. The highest BCUT2D eigenvalue weighted by Crippen LogP contribution is 2.27. The average molecular weight is 199 g/mol. The predicted octanol–water partition coefficient (Wildman–Crippen LogP) is 3.13. The molecule has 13 heavy (non-hydrogen) atoms. The van der Waals surface area contributed by atoms with E-state index in [4.69, 9.17) is 17.3 Å². The zero-order valence-corrected chi connectivity index (χ0v) is 8.56. The Labute approximate surface area is 84.1 Å². The second-order valence-electron chi connectivity index (χ2n) is 2.98. The lowest BCUT2D eigenvalue weighted by atomic mass is 10.2. The van der Waals surface area contributed by atoms with Crippen LogP contribution < -0.4 is 11.1 Å². The quantitative estimate of drug-likeness (QED) is 0.576. The SMILES string of the molecule is CCCCNc1c(N)cccc1Cl. The van der Waals surface area contributed by atoms with Crippen molar-refractivity contribution in [2.45, 2.75) is 19.8 Å². The standard InChI is InChI=1S/C10H15ClN2/c1-2-3-7-13-10-8(11)5-4-6-9(10)12/h4-6,13H,2-3,7,12H2,1H3. The first-order valence-electron chi connectivity index (χ1n) is 4.53. The monoisotopic (exact) mass is 198 g/mol. The van der Waals surface area contributed by atoms with Gasteiger partial charge in [0.25, 0.3) is 0 Å². The summed E-state index contributed by atoms with van der Waals surface area (Å²) in [7, 11) is 0. The van der Waals surface area contributed by atoms with E-state index in [9.17, 15) is 0 Å². The topological polar surface area (TPSA) is 38.0 Å². The lowest BCUT2D eigenvalue weighted by Gasteiger charge is -2.09. The Morgan fingerprint density at radius 2 is 2.23 bits per heavy atom. The number of unbranched alkanes of at least 4 members (excludes halogenated alkanes) is 1. The van der Waals surface area contributed by atoms with Gasteiger partial charge in [0, 0.05) is 6.54 Å². The highest BCUT2D eigenvalue weighted by Gasteiger charge is 2.01. The Balaban J connectivity index is 2.64. The van der Waals surface area contributed by atoms with Crippen LogP contribution in [0.15, 0.2) is 18.2 Å². The van der Waals surface area contributed by atoms with Gasteiger partial charge in [0.05, 0.1) is 16.4 Å². The molecule has 1 rings (SSSR count). The summed E-state index contributed by atoms with van der Waals surface area (Å²) >= 11 is 5.97. The smallest absolute Gasteiger partial charge is 0.0763 e. The summed E-state index contributed by atoms with van der Waals surface area (Å²) in [5.41, 5.74) is 7.33. The van der Waals surface area contributed by atoms with Crippen LogP contribution in [0.2, 0.25) is 5.02 Å². The maximum Gasteiger partial charge on any atom is 0.0763 e. The molecule has 0 radical (unpaired) electrons. The highest BCUT2D eigenvalue weighted by molar-refractivity contribution is 6.33. The minimum atomic E-state index is 0.691. The van der Waals surface area contributed by atoms with Gasteiger partial charge in [-0.1, -0.05) is 31.0 Å². The Morgan fingerprint density at radius 1 is 1.46 bits per heavy atom. The van der Waals surface area contributed by atoms with Crippen LogP contribution in [0.1, 0.15) is 19.8 Å². The molecule has 0 aliphatic heterocycles. The van der Waals surface area contributed by atoms with Gasteiger partial charge in [-0.2, -0.15) is 0 Å². The first-order chi connectivity index (χ1) is 6.25. The zero-order chi connectivity index (χ0) is 9.68. The number of rotatable bonds is 4. The van der Waals surface area contributed by atoms with Gasteiger partial charge < -0.3 is 11.1 Å². The Bertz CT molecular complexity index is 253. The lowest BCUT2D eigenvalue weighted by molar-refractivity contribution is 0.834. The molecular weight excluding hydrogens is 184 g/mol. The summed E-state index contributed by atoms with van der Waals surface area (Å²) in [4.78, 5) is 0. The van der Waals surface area contributed by atoms with E-state index < -0.39 is 0 Å². The van der Waals surface area contributed by atoms with Crippen molar-refractivity contribution in [3.8, 4) is 0 Å². The van der Waals surface area contributed by atoms with Crippen molar-refractivity contribution in [3.63, 3.8) is 0 Å². The molecule has 0 unspecified atom stereocenters. The number of nitrogens with two attached hydrogens (primary N) is 1. The van der Waals surface area contributed by atoms with Crippen LogP contribution in [0.25, 0.3) is 0 Å². The van der Waals surface area contributed by atoms with E-state index in [1.807, 2.05) is 18.2 Å². The number of anilines is 2. The van der Waals surface area contributed by atoms with Gasteiger partial charge in [-0.25, -0.2) is 0 Å². The number of hydrogen-bond donors (Lipinski definition) is 2. The van der Waals surface area contributed by atoms with Gasteiger partial charge in [0.1, 0.15) is 0 Å². The molecule has 72 valence electrons. The molecular formula is C10H15ClN2. The van der Waals surface area contributed by atoms with Gasteiger partial charge in [0.2, 0.25) is 0 Å². The van der Waals surface area contributed by atoms with Crippen LogP contribution in [0, 0.1) is 0 Å². The number of benzene rings is 1. The molecule has 3 heteroatoms. The molecule has 0 spiro atoms. The normalized spacial score (nSPS) is 10.0. The van der Waals surface area contributed by atoms with Crippen LogP contribution in [0.5, 0.6) is 0 Å². The molecule has 1 aromatic rings. The van der Waals surface area contributed by atoms with Gasteiger partial charge in [0.15, 0.2) is 0 Å². The van der Waals surface area contributed by atoms with Crippen LogP contribution in [-0.4, -0.2) is 6.54 Å². The fourth-order valence-electron chi connectivity index (χ4n) is 1.12. The van der Waals surface area contributed by atoms with E-state index in [1.165, 1.54) is 0 Å². The molecule has 2 nitrogen and oxygen atoms in total. The van der Waals surface area contributed by atoms with Crippen LogP contribution in [0.3, 0.4) is 0 Å². The van der Waals surface area contributed by atoms with E-state index in [1.54, 1.807) is 0 Å². The van der Waals surface area contributed by atoms with Crippen molar-refractivity contribution in [2.24, 2.45) is 0 Å². The molecule has 0 amide bonds. The summed E-state index contributed by atoms with van der Waals surface area (Å²) in [5, 5.41) is 3.92. The summed E-state index contributed by atoms with van der Waals surface area (Å²) in [5.74, 6) is 0. The second-order valence-corrected chi connectivity index (χ2v) is 3.39. The molecule has 1 aromatic carbocycles. The van der Waals surface area contributed by atoms with Crippen molar-refractivity contribution in [2.75, 3.05) is 17.6 Å². The van der Waals surface area contributed by atoms with E-state index in [2.05, 4.69) is 12.2 Å². The van der Waals surface area contributed by atoms with Gasteiger partial charge in [-0.15, -0.1) is 0 Å². The van der Waals surface area contributed by atoms with E-state index >= 15 is 0 Å². The molecule has 0 saturated heterocycles. The minimum absolute atomic E-state index is 0.691. The van der Waals surface area contributed by atoms with Crippen LogP contribution in [-0.2, 0) is 0 Å². The van der Waals surface area contributed by atoms with Crippen LogP contribution >= 0.6 is 11.6 Å². The third-order valence-electron chi connectivity index (χ3n) is 1.88. The van der Waals surface area contributed by atoms with E-state index in [0.717, 1.165) is 25.1 Å². The van der Waals surface area contributed by atoms with Gasteiger partial charge in [-0.3, -0.25) is 0 Å². The summed E-state index contributed by atoms with van der Waals surface area (Å²) in [6, 6.07) is 5.54. The summed E-state index contributed by atoms with van der Waals surface area (Å²) in [6.07, 6.45) is 2.29. The fraction of sp³-hybridized carbons (Fsp3) is 0.400. The lowest BCUT2D eigenvalue weighted by Crippen LogP contribution is -2.04. The number of halogens is 1. The Morgan fingerprint density at radius 3 is 2.85 bits per heavy atom. The summed E-state index contributed by atoms with van der Waals surface area (Å²) < 4.78 is 0. The van der Waals surface area contributed by atoms with Crippen molar-refractivity contribution in [3.05, 3.63) is 23.2 Å². The van der Waals surface area contributed by atoms with E-state index in [0.29, 0.717) is 10.7 Å². The van der Waals surface area contributed by atoms with Crippen molar-refractivity contribution >= 4 is 23.0 Å². The maximum atomic E-state index is 5.97. The molecule has 0 heterocycles. The number of para-hydroxylation sites is 1. The number of nitrogens with one attached hydrogen (secondary N) is 1. The molecule has 0 bridgehead atoms. The summed E-state index contributed by atoms with van der Waals surface area (Å²) in [6.45, 7) is 3.07. The minimum Gasteiger partial charge on any atom is -0.397 e. The molecule has 0 fully saturated rings. The Hall–Kier alpha value is -0.890. The predicted molar refractivity (Wildman–Crippen MR) is 59.3 cm³/mol. The molecule has 0 aromatic heterocycles. The van der Waals surface area contributed by atoms with Gasteiger partial charge in [-0.05, 0) is 18.6 Å². The first-order valence-corrected chi connectivity index (χ1v) is 4.91. The highest BCUT2D eigenvalue weighted by atomic mass is 35.5. The molecule has 0 atom stereocenters. The second kappa shape index (κ2) is 4.97. The molecule has 3 N–H and O–H groups in total. The van der Waals surface area contributed by atoms with E-state index in [-0.39, 0.29) is 0 Å². The largest absolute Gasteiger partial charge is 0.397 e. The molecule has 0 aliphatic rings. The Kier molecular flexibility index (Phi) is 3.90. The molecule has 0 aliphatic carbocycles. The van der Waals surface area contributed by atoms with Crippen LogP contribution in [0.4, 0.5) is 11.4 Å². The molecule has 0 saturated carbocycles. The van der Waals surface area contributed by atoms with Crippen molar-refractivity contribution < 1.29 is 0 Å². The van der Waals surface area contributed by atoms with Crippen molar-refractivity contribution in [1.29, 1.82) is 0 Å². The number of nitrogen functional groups attached to an aromatic ring is 1. The maximum absolute atomic E-state index is 5.97. The third kappa shape index (κ3) is 2.81. The average Bonchev–Trinajstić information content (AvgIpc) is 2.10. The van der Waals surface area contributed by atoms with Crippen molar-refractivity contribution in [1.82, 2.24) is 0 Å². The number of hydrogen-bond acceptors (Lipinski definition) is 2.